The Morgan fingerprint density at radius 2 is 1.96 bits per heavy atom. The van der Waals surface area contributed by atoms with Crippen LogP contribution in [0.25, 0.3) is 0 Å². The van der Waals surface area contributed by atoms with E-state index in [-0.39, 0.29) is 17.5 Å². The van der Waals surface area contributed by atoms with Crippen molar-refractivity contribution in [3.05, 3.63) is 80.9 Å². The van der Waals surface area contributed by atoms with Gasteiger partial charge in [0.2, 0.25) is 0 Å². The van der Waals surface area contributed by atoms with E-state index < -0.39 is 21.2 Å². The number of hydrogen-bond donors (Lipinski definition) is 1. The number of nitro groups is 2. The first-order chi connectivity index (χ1) is 12.4. The minimum atomic E-state index is -0.750. The maximum Gasteiger partial charge on any atom is 0.301 e. The molecule has 0 saturated heterocycles. The van der Waals surface area contributed by atoms with Gasteiger partial charge in [-0.15, -0.1) is 0 Å². The molecule has 134 valence electrons. The molecule has 0 bridgehead atoms. The molecule has 1 N–H and O–H groups in total. The van der Waals surface area contributed by atoms with E-state index in [0.29, 0.717) is 11.3 Å². The van der Waals surface area contributed by atoms with Crippen LogP contribution in [-0.2, 0) is 0 Å². The van der Waals surface area contributed by atoms with Crippen LogP contribution in [0.5, 0.6) is 5.75 Å². The van der Waals surface area contributed by atoms with E-state index in [1.54, 1.807) is 30.3 Å². The standard InChI is InChI=1S/C16H13ClN4O5/c1-2-9-26-15-6-4-3-5-12(15)16(17)19-18-13-8-7-11(20(22)23)10-14(13)21(24)25/h2-8,10,18H,1,9H2. The van der Waals surface area contributed by atoms with Gasteiger partial charge in [0.1, 0.15) is 18.0 Å². The third kappa shape index (κ3) is 4.54. The maximum absolute atomic E-state index is 11.1. The predicted octanol–water partition coefficient (Wildman–Crippen LogP) is 4.08. The number of hydrazone groups is 1. The van der Waals surface area contributed by atoms with Crippen LogP contribution in [0.3, 0.4) is 0 Å². The van der Waals surface area contributed by atoms with E-state index in [1.807, 2.05) is 0 Å². The van der Waals surface area contributed by atoms with Crippen LogP contribution in [0, 0.1) is 20.2 Å². The molecule has 0 amide bonds. The van der Waals surface area contributed by atoms with E-state index in [9.17, 15) is 20.2 Å². The number of ether oxygens (including phenoxy) is 1. The predicted molar refractivity (Wildman–Crippen MR) is 97.9 cm³/mol. The van der Waals surface area contributed by atoms with Crippen LogP contribution in [-0.4, -0.2) is 21.6 Å². The Morgan fingerprint density at radius 1 is 1.23 bits per heavy atom. The zero-order valence-corrected chi connectivity index (χ0v) is 14.0. The number of nitro benzene ring substituents is 2. The molecule has 9 nitrogen and oxygen atoms in total. The summed E-state index contributed by atoms with van der Waals surface area (Å²) in [6.07, 6.45) is 1.57. The summed E-state index contributed by atoms with van der Waals surface area (Å²) in [5.41, 5.74) is 1.99. The Balaban J connectivity index is 2.31. The van der Waals surface area contributed by atoms with Gasteiger partial charge in [-0.2, -0.15) is 5.10 Å². The van der Waals surface area contributed by atoms with E-state index in [4.69, 9.17) is 16.3 Å². The summed E-state index contributed by atoms with van der Waals surface area (Å²) in [6, 6.07) is 9.97. The molecular formula is C16H13ClN4O5. The number of benzene rings is 2. The topological polar surface area (TPSA) is 120 Å². The molecule has 2 rings (SSSR count). The molecule has 0 aliphatic heterocycles. The average Bonchev–Trinajstić information content (AvgIpc) is 2.64. The van der Waals surface area contributed by atoms with Crippen molar-refractivity contribution in [3.63, 3.8) is 0 Å². The molecule has 0 aliphatic rings. The largest absolute Gasteiger partial charge is 0.489 e. The molecular weight excluding hydrogens is 364 g/mol. The number of hydrogen-bond acceptors (Lipinski definition) is 7. The van der Waals surface area contributed by atoms with Crippen molar-refractivity contribution in [2.24, 2.45) is 5.10 Å². The number of nitrogens with zero attached hydrogens (tertiary/aromatic N) is 3. The molecule has 0 saturated carbocycles. The fourth-order valence-corrected chi connectivity index (χ4v) is 2.16. The highest BCUT2D eigenvalue weighted by Crippen LogP contribution is 2.29. The quantitative estimate of drug-likeness (QED) is 0.321. The van der Waals surface area contributed by atoms with E-state index in [1.165, 1.54) is 6.07 Å². The van der Waals surface area contributed by atoms with Crippen molar-refractivity contribution in [2.45, 2.75) is 0 Å². The van der Waals surface area contributed by atoms with Gasteiger partial charge in [0.05, 0.1) is 21.5 Å². The first-order valence-electron chi connectivity index (χ1n) is 7.19. The number of rotatable bonds is 8. The van der Waals surface area contributed by atoms with Crippen molar-refractivity contribution in [2.75, 3.05) is 12.0 Å². The van der Waals surface area contributed by atoms with Gasteiger partial charge in [0.25, 0.3) is 5.69 Å². The molecule has 0 atom stereocenters. The second-order valence-corrected chi connectivity index (χ2v) is 5.18. The van der Waals surface area contributed by atoms with Crippen LogP contribution in [0.1, 0.15) is 5.56 Å². The Bertz CT molecular complexity index is 885. The molecule has 0 fully saturated rings. The third-order valence-corrected chi connectivity index (χ3v) is 3.42. The molecule has 0 aliphatic carbocycles. The summed E-state index contributed by atoms with van der Waals surface area (Å²) in [7, 11) is 0. The van der Waals surface area contributed by atoms with Gasteiger partial charge in [-0.1, -0.05) is 36.4 Å². The highest BCUT2D eigenvalue weighted by molar-refractivity contribution is 6.70. The van der Waals surface area contributed by atoms with E-state index in [0.717, 1.165) is 12.1 Å². The number of para-hydroxylation sites is 1. The zero-order chi connectivity index (χ0) is 19.1. The van der Waals surface area contributed by atoms with Crippen LogP contribution >= 0.6 is 11.6 Å². The molecule has 0 heterocycles. The minimum absolute atomic E-state index is 0.00249. The van der Waals surface area contributed by atoms with Gasteiger partial charge >= 0.3 is 5.69 Å². The maximum atomic E-state index is 11.1. The summed E-state index contributed by atoms with van der Waals surface area (Å²) in [5.74, 6) is 0.459. The lowest BCUT2D eigenvalue weighted by atomic mass is 10.2. The van der Waals surface area contributed by atoms with Gasteiger partial charge < -0.3 is 4.74 Å². The molecule has 10 heteroatoms. The van der Waals surface area contributed by atoms with Crippen molar-refractivity contribution in [3.8, 4) is 5.75 Å². The van der Waals surface area contributed by atoms with Crippen molar-refractivity contribution >= 4 is 33.8 Å². The van der Waals surface area contributed by atoms with Gasteiger partial charge in [0, 0.05) is 6.07 Å². The summed E-state index contributed by atoms with van der Waals surface area (Å²) in [4.78, 5) is 20.4. The summed E-state index contributed by atoms with van der Waals surface area (Å²) >= 11 is 6.16. The third-order valence-electron chi connectivity index (χ3n) is 3.13. The summed E-state index contributed by atoms with van der Waals surface area (Å²) < 4.78 is 5.47. The van der Waals surface area contributed by atoms with Gasteiger partial charge in [-0.3, -0.25) is 25.7 Å². The van der Waals surface area contributed by atoms with Gasteiger partial charge in [-0.25, -0.2) is 0 Å². The summed E-state index contributed by atoms with van der Waals surface area (Å²) in [5, 5.41) is 25.8. The molecule has 26 heavy (non-hydrogen) atoms. The first-order valence-corrected chi connectivity index (χ1v) is 7.57. The fourth-order valence-electron chi connectivity index (χ4n) is 1.96. The number of anilines is 1. The van der Waals surface area contributed by atoms with Gasteiger partial charge in [-0.05, 0) is 18.2 Å². The Labute approximate surface area is 152 Å². The first kappa shape index (κ1) is 18.9. The Hall–Kier alpha value is -3.46. The molecule has 0 spiro atoms. The van der Waals surface area contributed by atoms with E-state index >= 15 is 0 Å². The highest BCUT2D eigenvalue weighted by Gasteiger charge is 2.19. The zero-order valence-electron chi connectivity index (χ0n) is 13.3. The van der Waals surface area contributed by atoms with E-state index in [2.05, 4.69) is 17.1 Å². The average molecular weight is 377 g/mol. The van der Waals surface area contributed by atoms with Crippen LogP contribution in [0.4, 0.5) is 17.1 Å². The van der Waals surface area contributed by atoms with Crippen LogP contribution in [0.15, 0.2) is 60.2 Å². The summed E-state index contributed by atoms with van der Waals surface area (Å²) in [6.45, 7) is 3.83. The molecule has 0 unspecified atom stereocenters. The van der Waals surface area contributed by atoms with Gasteiger partial charge in [0.15, 0.2) is 5.17 Å². The Kier molecular flexibility index (Phi) is 6.23. The molecule has 2 aromatic carbocycles. The monoisotopic (exact) mass is 376 g/mol. The molecule has 0 radical (unpaired) electrons. The lowest BCUT2D eigenvalue weighted by Gasteiger charge is -2.09. The number of halogens is 1. The SMILES string of the molecule is C=CCOc1ccccc1C(Cl)=NNc1ccc([N+](=O)[O-])cc1[N+](=O)[O-]. The second-order valence-electron chi connectivity index (χ2n) is 4.83. The second kappa shape index (κ2) is 8.58. The van der Waals surface area contributed by atoms with Crippen LogP contribution < -0.4 is 10.2 Å². The van der Waals surface area contributed by atoms with Crippen LogP contribution in [0.2, 0.25) is 0 Å². The normalized spacial score (nSPS) is 10.9. The smallest absolute Gasteiger partial charge is 0.301 e. The lowest BCUT2D eigenvalue weighted by molar-refractivity contribution is -0.393. The molecule has 0 aromatic heterocycles. The van der Waals surface area contributed by atoms with Crippen molar-refractivity contribution in [1.29, 1.82) is 0 Å². The number of non-ortho nitro benzene ring substituents is 1. The fraction of sp³-hybridized carbons (Fsp3) is 0.0625. The van der Waals surface area contributed by atoms with Crippen molar-refractivity contribution in [1.82, 2.24) is 0 Å². The highest BCUT2D eigenvalue weighted by atomic mass is 35.5. The van der Waals surface area contributed by atoms with Crippen molar-refractivity contribution < 1.29 is 14.6 Å². The number of nitrogens with one attached hydrogen (secondary N) is 1. The lowest BCUT2D eigenvalue weighted by Crippen LogP contribution is -2.03. The Morgan fingerprint density at radius 3 is 2.62 bits per heavy atom. The molecule has 2 aromatic rings. The minimum Gasteiger partial charge on any atom is -0.489 e.